The molecular formula is C9H7NO4S. The lowest BCUT2D eigenvalue weighted by molar-refractivity contribution is -0.385. The van der Waals surface area contributed by atoms with Gasteiger partial charge in [-0.1, -0.05) is 12.1 Å². The minimum absolute atomic E-state index is 0.148. The minimum atomic E-state index is -1.23. The van der Waals surface area contributed by atoms with Crippen molar-refractivity contribution in [2.24, 2.45) is 0 Å². The fourth-order valence-corrected chi connectivity index (χ4v) is 1.12. The predicted molar refractivity (Wildman–Crippen MR) is 57.7 cm³/mol. The Kier molecular flexibility index (Phi) is 3.46. The molecule has 0 radical (unpaired) electrons. The number of thiol groups is 1. The molecule has 6 heteroatoms. The van der Waals surface area contributed by atoms with Crippen LogP contribution < -0.4 is 0 Å². The van der Waals surface area contributed by atoms with E-state index in [4.69, 9.17) is 5.11 Å². The van der Waals surface area contributed by atoms with Crippen molar-refractivity contribution in [1.29, 1.82) is 0 Å². The first-order chi connectivity index (χ1) is 7.02. The van der Waals surface area contributed by atoms with E-state index in [0.29, 0.717) is 0 Å². The number of carboxylic acid groups (broad SMARTS) is 1. The molecule has 1 rings (SSSR count). The van der Waals surface area contributed by atoms with Gasteiger partial charge in [0, 0.05) is 6.07 Å². The van der Waals surface area contributed by atoms with Crippen LogP contribution in [0.5, 0.6) is 0 Å². The second-order valence-electron chi connectivity index (χ2n) is 2.65. The van der Waals surface area contributed by atoms with E-state index in [2.05, 4.69) is 12.6 Å². The van der Waals surface area contributed by atoms with Crippen LogP contribution in [0.3, 0.4) is 0 Å². The van der Waals surface area contributed by atoms with Crippen molar-refractivity contribution in [1.82, 2.24) is 0 Å². The molecule has 15 heavy (non-hydrogen) atoms. The molecule has 5 nitrogen and oxygen atoms in total. The Morgan fingerprint density at radius 3 is 2.60 bits per heavy atom. The molecule has 0 saturated heterocycles. The second-order valence-corrected chi connectivity index (χ2v) is 3.13. The van der Waals surface area contributed by atoms with Crippen LogP contribution in [0.25, 0.3) is 6.08 Å². The van der Waals surface area contributed by atoms with Crippen LogP contribution in [0.1, 0.15) is 5.56 Å². The van der Waals surface area contributed by atoms with Gasteiger partial charge in [-0.25, -0.2) is 4.79 Å². The van der Waals surface area contributed by atoms with Gasteiger partial charge in [-0.05, 0) is 12.1 Å². The Morgan fingerprint density at radius 2 is 2.07 bits per heavy atom. The number of hydrogen-bond donors (Lipinski definition) is 2. The van der Waals surface area contributed by atoms with E-state index in [-0.39, 0.29) is 16.2 Å². The number of nitrogens with zero attached hydrogens (tertiary/aromatic N) is 1. The summed E-state index contributed by atoms with van der Waals surface area (Å²) >= 11 is 3.69. The Balaban J connectivity index is 3.20. The van der Waals surface area contributed by atoms with Gasteiger partial charge in [0.2, 0.25) is 0 Å². The molecule has 1 aromatic carbocycles. The summed E-state index contributed by atoms with van der Waals surface area (Å²) in [7, 11) is 0. The van der Waals surface area contributed by atoms with Crippen molar-refractivity contribution >= 4 is 30.4 Å². The van der Waals surface area contributed by atoms with E-state index in [0.717, 1.165) is 6.08 Å². The minimum Gasteiger partial charge on any atom is -0.477 e. The van der Waals surface area contributed by atoms with Crippen LogP contribution in [0.2, 0.25) is 0 Å². The summed E-state index contributed by atoms with van der Waals surface area (Å²) in [4.78, 5) is 20.2. The van der Waals surface area contributed by atoms with Crippen molar-refractivity contribution in [3.8, 4) is 0 Å². The number of rotatable bonds is 3. The van der Waals surface area contributed by atoms with Gasteiger partial charge in [0.25, 0.3) is 5.69 Å². The molecular weight excluding hydrogens is 218 g/mol. The highest BCUT2D eigenvalue weighted by molar-refractivity contribution is 7.85. The molecule has 0 aliphatic rings. The van der Waals surface area contributed by atoms with E-state index in [1.807, 2.05) is 0 Å². The number of carbonyl (C=O) groups is 1. The number of benzene rings is 1. The molecule has 0 spiro atoms. The third-order valence-corrected chi connectivity index (χ3v) is 1.97. The smallest absolute Gasteiger partial charge is 0.341 e. The van der Waals surface area contributed by atoms with Crippen LogP contribution in [-0.2, 0) is 4.79 Å². The maximum Gasteiger partial charge on any atom is 0.341 e. The Morgan fingerprint density at radius 1 is 1.47 bits per heavy atom. The van der Waals surface area contributed by atoms with Crippen molar-refractivity contribution in [2.45, 2.75) is 0 Å². The molecule has 0 atom stereocenters. The van der Waals surface area contributed by atoms with Gasteiger partial charge in [0.15, 0.2) is 0 Å². The number of nitro groups is 1. The average Bonchev–Trinajstić information content (AvgIpc) is 2.18. The van der Waals surface area contributed by atoms with E-state index in [9.17, 15) is 14.9 Å². The summed E-state index contributed by atoms with van der Waals surface area (Å²) < 4.78 is 0. The predicted octanol–water partition coefficient (Wildman–Crippen LogP) is 1.95. The SMILES string of the molecule is O=C(O)C(S)=Cc1ccccc1[N+](=O)[O-]. The monoisotopic (exact) mass is 225 g/mol. The number of nitro benzene ring substituents is 1. The van der Waals surface area contributed by atoms with E-state index < -0.39 is 10.9 Å². The third kappa shape index (κ3) is 2.81. The summed E-state index contributed by atoms with van der Waals surface area (Å²) in [5.41, 5.74) is 0.0696. The van der Waals surface area contributed by atoms with Gasteiger partial charge in [-0.3, -0.25) is 10.1 Å². The van der Waals surface area contributed by atoms with Gasteiger partial charge >= 0.3 is 5.97 Å². The molecule has 0 aliphatic heterocycles. The lowest BCUT2D eigenvalue weighted by Gasteiger charge is -1.97. The molecule has 1 N–H and O–H groups in total. The van der Waals surface area contributed by atoms with Crippen molar-refractivity contribution in [3.63, 3.8) is 0 Å². The summed E-state index contributed by atoms with van der Waals surface area (Å²) in [6.45, 7) is 0. The van der Waals surface area contributed by atoms with E-state index in [1.54, 1.807) is 6.07 Å². The summed E-state index contributed by atoms with van der Waals surface area (Å²) in [5.74, 6) is -1.23. The number of para-hydroxylation sites is 1. The summed E-state index contributed by atoms with van der Waals surface area (Å²) in [5, 5.41) is 19.1. The van der Waals surface area contributed by atoms with Gasteiger partial charge in [0.05, 0.1) is 15.4 Å². The van der Waals surface area contributed by atoms with Crippen LogP contribution >= 0.6 is 12.6 Å². The van der Waals surface area contributed by atoms with Crippen molar-refractivity contribution < 1.29 is 14.8 Å². The molecule has 0 amide bonds. The first-order valence-corrected chi connectivity index (χ1v) is 4.34. The second kappa shape index (κ2) is 4.61. The normalized spacial score (nSPS) is 11.1. The number of hydrogen-bond acceptors (Lipinski definition) is 4. The molecule has 0 heterocycles. The Bertz CT molecular complexity index is 441. The zero-order valence-electron chi connectivity index (χ0n) is 7.45. The number of aliphatic carboxylic acids is 1. The topological polar surface area (TPSA) is 80.4 Å². The molecule has 0 fully saturated rings. The molecule has 0 saturated carbocycles. The fourth-order valence-electron chi connectivity index (χ4n) is 0.985. The lowest BCUT2D eigenvalue weighted by atomic mass is 10.1. The van der Waals surface area contributed by atoms with Crippen molar-refractivity contribution in [2.75, 3.05) is 0 Å². The van der Waals surface area contributed by atoms with Crippen LogP contribution in [0.15, 0.2) is 29.2 Å². The Hall–Kier alpha value is -1.82. The maximum atomic E-state index is 10.6. The first kappa shape index (κ1) is 11.3. The highest BCUT2D eigenvalue weighted by Gasteiger charge is 2.11. The molecule has 1 aromatic rings. The standard InChI is InChI=1S/C9H7NO4S/c11-9(12)8(15)5-6-3-1-2-4-7(6)10(13)14/h1-5,15H,(H,11,12). The van der Waals surface area contributed by atoms with Crippen LogP contribution in [0, 0.1) is 10.1 Å². The zero-order valence-corrected chi connectivity index (χ0v) is 8.35. The molecule has 0 aliphatic carbocycles. The molecule has 78 valence electrons. The van der Waals surface area contributed by atoms with Gasteiger partial charge in [-0.2, -0.15) is 0 Å². The average molecular weight is 225 g/mol. The van der Waals surface area contributed by atoms with Gasteiger partial charge in [-0.15, -0.1) is 12.6 Å². The van der Waals surface area contributed by atoms with E-state index in [1.165, 1.54) is 18.2 Å². The zero-order chi connectivity index (χ0) is 11.4. The lowest BCUT2D eigenvalue weighted by Crippen LogP contribution is -1.95. The number of carboxylic acids is 1. The molecule has 0 bridgehead atoms. The van der Waals surface area contributed by atoms with E-state index >= 15 is 0 Å². The largest absolute Gasteiger partial charge is 0.477 e. The summed E-state index contributed by atoms with van der Waals surface area (Å²) in [6, 6.07) is 5.85. The summed E-state index contributed by atoms with van der Waals surface area (Å²) in [6.07, 6.45) is 1.14. The van der Waals surface area contributed by atoms with Gasteiger partial charge in [0.1, 0.15) is 0 Å². The highest BCUT2D eigenvalue weighted by atomic mass is 32.1. The first-order valence-electron chi connectivity index (χ1n) is 3.89. The molecule has 0 aromatic heterocycles. The van der Waals surface area contributed by atoms with Crippen molar-refractivity contribution in [3.05, 3.63) is 44.8 Å². The van der Waals surface area contributed by atoms with Crippen LogP contribution in [0.4, 0.5) is 5.69 Å². The third-order valence-electron chi connectivity index (χ3n) is 1.64. The van der Waals surface area contributed by atoms with Crippen LogP contribution in [-0.4, -0.2) is 16.0 Å². The quantitative estimate of drug-likeness (QED) is 0.356. The fraction of sp³-hybridized carbons (Fsp3) is 0. The highest BCUT2D eigenvalue weighted by Crippen LogP contribution is 2.21. The van der Waals surface area contributed by atoms with Gasteiger partial charge < -0.3 is 5.11 Å². The Labute approximate surface area is 90.6 Å². The maximum absolute atomic E-state index is 10.6. The molecule has 0 unspecified atom stereocenters.